The number of fused-ring (bicyclic) bond motifs is 1. The average Bonchev–Trinajstić information content (AvgIpc) is 3.30. The summed E-state index contributed by atoms with van der Waals surface area (Å²) in [5.74, 6) is 0.155. The van der Waals surface area contributed by atoms with Crippen molar-refractivity contribution in [3.05, 3.63) is 107 Å². The zero-order chi connectivity index (χ0) is 22.6. The normalized spacial score (nSPS) is 14.5. The second-order valence-corrected chi connectivity index (χ2v) is 9.31. The first-order valence-electron chi connectivity index (χ1n) is 12.2. The molecule has 0 radical (unpaired) electrons. The van der Waals surface area contributed by atoms with Crippen molar-refractivity contribution in [2.45, 2.75) is 58.2 Å². The summed E-state index contributed by atoms with van der Waals surface area (Å²) in [4.78, 5) is 16.2. The largest absolute Gasteiger partial charge is 0.345 e. The van der Waals surface area contributed by atoms with Crippen LogP contribution in [0.2, 0.25) is 0 Å². The van der Waals surface area contributed by atoms with Crippen molar-refractivity contribution in [2.75, 3.05) is 0 Å². The maximum Gasteiger partial charge on any atom is 0.255 e. The molecule has 5 rings (SSSR count). The van der Waals surface area contributed by atoms with Crippen molar-refractivity contribution in [1.82, 2.24) is 9.47 Å². The molecule has 168 valence electrons. The van der Waals surface area contributed by atoms with Gasteiger partial charge in [0.05, 0.1) is 6.54 Å². The molecule has 1 aliphatic rings. The Labute approximate surface area is 196 Å². The Morgan fingerprint density at radius 3 is 2.48 bits per heavy atom. The minimum absolute atomic E-state index is 0.155. The van der Waals surface area contributed by atoms with Crippen molar-refractivity contribution in [3.63, 3.8) is 0 Å². The quantitative estimate of drug-likeness (QED) is 0.320. The van der Waals surface area contributed by atoms with Crippen LogP contribution < -0.4 is 0 Å². The molecular weight excluding hydrogens is 404 g/mol. The molecular formula is C30H32N2O. The minimum Gasteiger partial charge on any atom is -0.345 e. The molecule has 0 spiro atoms. The van der Waals surface area contributed by atoms with E-state index in [0.29, 0.717) is 12.6 Å². The zero-order valence-electron chi connectivity index (χ0n) is 19.4. The van der Waals surface area contributed by atoms with E-state index in [1.807, 2.05) is 24.3 Å². The number of amides is 1. The molecule has 1 saturated carbocycles. The van der Waals surface area contributed by atoms with Crippen LogP contribution in [0, 0.1) is 6.92 Å². The Kier molecular flexibility index (Phi) is 6.30. The van der Waals surface area contributed by atoms with Crippen LogP contribution in [0.3, 0.4) is 0 Å². The Hall–Kier alpha value is -3.33. The fourth-order valence-electron chi connectivity index (χ4n) is 5.22. The first-order valence-corrected chi connectivity index (χ1v) is 12.2. The van der Waals surface area contributed by atoms with Crippen LogP contribution in [0.25, 0.3) is 10.8 Å². The summed E-state index contributed by atoms with van der Waals surface area (Å²) in [5, 5.41) is 2.16. The van der Waals surface area contributed by atoms with Crippen LogP contribution in [0.1, 0.15) is 59.3 Å². The van der Waals surface area contributed by atoms with Gasteiger partial charge in [0.25, 0.3) is 5.91 Å². The fourth-order valence-corrected chi connectivity index (χ4v) is 5.22. The van der Waals surface area contributed by atoms with Gasteiger partial charge in [-0.05, 0) is 59.9 Å². The molecule has 0 N–H and O–H groups in total. The molecule has 3 nitrogen and oxygen atoms in total. The number of aromatic nitrogens is 1. The third-order valence-electron chi connectivity index (χ3n) is 7.15. The monoisotopic (exact) mass is 436 g/mol. The SMILES string of the molecule is Cc1ccccc1Cn1cccc1CN(C(=O)c1cccc2ccccc12)C1CCCCC1. The van der Waals surface area contributed by atoms with E-state index < -0.39 is 0 Å². The van der Waals surface area contributed by atoms with Crippen molar-refractivity contribution in [2.24, 2.45) is 0 Å². The zero-order valence-corrected chi connectivity index (χ0v) is 19.4. The highest BCUT2D eigenvalue weighted by atomic mass is 16.2. The van der Waals surface area contributed by atoms with Crippen molar-refractivity contribution in [3.8, 4) is 0 Å². The van der Waals surface area contributed by atoms with E-state index in [-0.39, 0.29) is 5.91 Å². The summed E-state index contributed by atoms with van der Waals surface area (Å²) in [5.41, 5.74) is 4.63. The summed E-state index contributed by atoms with van der Waals surface area (Å²) in [6.45, 7) is 3.64. The number of carbonyl (C=O) groups is 1. The van der Waals surface area contributed by atoms with Gasteiger partial charge < -0.3 is 9.47 Å². The molecule has 1 amide bonds. The fraction of sp³-hybridized carbons (Fsp3) is 0.300. The Bertz CT molecular complexity index is 1240. The van der Waals surface area contributed by atoms with Gasteiger partial charge in [0.1, 0.15) is 0 Å². The molecule has 4 aromatic rings. The van der Waals surface area contributed by atoms with Gasteiger partial charge in [-0.15, -0.1) is 0 Å². The number of carbonyl (C=O) groups excluding carboxylic acids is 1. The standard InChI is InChI=1S/C30H32N2O/c1-23-11-5-6-13-25(23)21-31-20-10-17-27(31)22-32(26-15-3-2-4-16-26)30(33)29-19-9-14-24-12-7-8-18-28(24)29/h5-14,17-20,26H,2-4,15-16,21-22H2,1H3. The van der Waals surface area contributed by atoms with Gasteiger partial charge in [-0.1, -0.05) is 79.9 Å². The van der Waals surface area contributed by atoms with E-state index in [1.54, 1.807) is 0 Å². The molecule has 0 unspecified atom stereocenters. The summed E-state index contributed by atoms with van der Waals surface area (Å²) in [7, 11) is 0. The number of benzene rings is 3. The molecule has 1 heterocycles. The number of hydrogen-bond donors (Lipinski definition) is 0. The van der Waals surface area contributed by atoms with E-state index in [9.17, 15) is 4.79 Å². The Balaban J connectivity index is 1.48. The van der Waals surface area contributed by atoms with Gasteiger partial charge in [-0.2, -0.15) is 0 Å². The summed E-state index contributed by atoms with van der Waals surface area (Å²) >= 11 is 0. The number of hydrogen-bond acceptors (Lipinski definition) is 1. The van der Waals surface area contributed by atoms with Gasteiger partial charge >= 0.3 is 0 Å². The number of nitrogens with zero attached hydrogens (tertiary/aromatic N) is 2. The highest BCUT2D eigenvalue weighted by molar-refractivity contribution is 6.07. The molecule has 0 bridgehead atoms. The lowest BCUT2D eigenvalue weighted by molar-refractivity contribution is 0.0611. The van der Waals surface area contributed by atoms with Gasteiger partial charge in [-0.3, -0.25) is 4.79 Å². The summed E-state index contributed by atoms with van der Waals surface area (Å²) in [6.07, 6.45) is 8.01. The van der Waals surface area contributed by atoms with Crippen LogP contribution in [0.15, 0.2) is 85.1 Å². The molecule has 0 saturated heterocycles. The first kappa shape index (κ1) is 21.5. The lowest BCUT2D eigenvalue weighted by Gasteiger charge is -2.35. The molecule has 1 aliphatic carbocycles. The predicted octanol–water partition coefficient (Wildman–Crippen LogP) is 6.97. The second kappa shape index (κ2) is 9.66. The minimum atomic E-state index is 0.155. The van der Waals surface area contributed by atoms with E-state index in [1.165, 1.54) is 36.1 Å². The Morgan fingerprint density at radius 2 is 1.64 bits per heavy atom. The molecule has 0 atom stereocenters. The summed E-state index contributed by atoms with van der Waals surface area (Å²) < 4.78 is 2.30. The maximum atomic E-state index is 14.0. The van der Waals surface area contributed by atoms with Crippen LogP contribution >= 0.6 is 0 Å². The molecule has 1 fully saturated rings. The molecule has 0 aliphatic heterocycles. The summed E-state index contributed by atoms with van der Waals surface area (Å²) in [6, 6.07) is 27.4. The molecule has 3 heteroatoms. The molecule has 33 heavy (non-hydrogen) atoms. The van der Waals surface area contributed by atoms with Gasteiger partial charge in [0.2, 0.25) is 0 Å². The van der Waals surface area contributed by atoms with Crippen molar-refractivity contribution < 1.29 is 4.79 Å². The predicted molar refractivity (Wildman–Crippen MR) is 135 cm³/mol. The molecule has 1 aromatic heterocycles. The van der Waals surface area contributed by atoms with Gasteiger partial charge in [0.15, 0.2) is 0 Å². The second-order valence-electron chi connectivity index (χ2n) is 9.31. The highest BCUT2D eigenvalue weighted by Gasteiger charge is 2.28. The lowest BCUT2D eigenvalue weighted by atomic mass is 9.93. The first-order chi connectivity index (χ1) is 16.2. The highest BCUT2D eigenvalue weighted by Crippen LogP contribution is 2.28. The lowest BCUT2D eigenvalue weighted by Crippen LogP contribution is -2.41. The average molecular weight is 437 g/mol. The van der Waals surface area contributed by atoms with Crippen LogP contribution in [0.5, 0.6) is 0 Å². The van der Waals surface area contributed by atoms with Gasteiger partial charge in [0, 0.05) is 30.0 Å². The van der Waals surface area contributed by atoms with E-state index in [0.717, 1.165) is 35.7 Å². The molecule has 3 aromatic carbocycles. The van der Waals surface area contributed by atoms with Crippen LogP contribution in [-0.4, -0.2) is 21.4 Å². The third kappa shape index (κ3) is 4.59. The number of aryl methyl sites for hydroxylation is 1. The van der Waals surface area contributed by atoms with Crippen molar-refractivity contribution in [1.29, 1.82) is 0 Å². The van der Waals surface area contributed by atoms with Crippen molar-refractivity contribution >= 4 is 16.7 Å². The third-order valence-corrected chi connectivity index (χ3v) is 7.15. The van der Waals surface area contributed by atoms with E-state index >= 15 is 0 Å². The number of rotatable bonds is 6. The smallest absolute Gasteiger partial charge is 0.255 e. The Morgan fingerprint density at radius 1 is 0.879 bits per heavy atom. The van der Waals surface area contributed by atoms with E-state index in [2.05, 4.69) is 77.2 Å². The topological polar surface area (TPSA) is 25.2 Å². The van der Waals surface area contributed by atoms with Crippen LogP contribution in [0.4, 0.5) is 0 Å². The van der Waals surface area contributed by atoms with Crippen LogP contribution in [-0.2, 0) is 13.1 Å². The maximum absolute atomic E-state index is 14.0. The van der Waals surface area contributed by atoms with E-state index in [4.69, 9.17) is 0 Å². The van der Waals surface area contributed by atoms with Gasteiger partial charge in [-0.25, -0.2) is 0 Å².